The van der Waals surface area contributed by atoms with Gasteiger partial charge in [0.25, 0.3) is 0 Å². The van der Waals surface area contributed by atoms with Crippen LogP contribution < -0.4 is 5.32 Å². The number of anilines is 1. The summed E-state index contributed by atoms with van der Waals surface area (Å²) in [4.78, 5) is 25.4. The van der Waals surface area contributed by atoms with Gasteiger partial charge in [-0.2, -0.15) is 4.80 Å². The van der Waals surface area contributed by atoms with Crippen LogP contribution in [-0.2, 0) is 17.8 Å². The number of tetrazole rings is 1. The van der Waals surface area contributed by atoms with Crippen molar-refractivity contribution in [2.45, 2.75) is 26.3 Å². The zero-order valence-corrected chi connectivity index (χ0v) is 15.3. The second kappa shape index (κ2) is 6.92. The Hall–Kier alpha value is -3.06. The number of carbonyl (C=O) groups excluding carboxylic acids is 2. The van der Waals surface area contributed by atoms with Crippen molar-refractivity contribution in [3.63, 3.8) is 0 Å². The van der Waals surface area contributed by atoms with Gasteiger partial charge in [-0.3, -0.25) is 9.59 Å². The number of fused-ring (bicyclic) bond motifs is 1. The second-order valence-corrected chi connectivity index (χ2v) is 6.88. The summed E-state index contributed by atoms with van der Waals surface area (Å²) in [5.74, 6) is 0.164. The molecule has 1 aliphatic rings. The Morgan fingerprint density at radius 3 is 2.78 bits per heavy atom. The monoisotopic (exact) mass is 381 g/mol. The number of aryl methyl sites for hydroxylation is 2. The van der Waals surface area contributed by atoms with E-state index in [1.165, 1.54) is 4.80 Å². The van der Waals surface area contributed by atoms with Crippen LogP contribution in [0.5, 0.6) is 0 Å². The van der Waals surface area contributed by atoms with E-state index in [1.54, 1.807) is 12.1 Å². The van der Waals surface area contributed by atoms with E-state index in [9.17, 15) is 9.59 Å². The number of carbonyl (C=O) groups is 2. The van der Waals surface area contributed by atoms with Gasteiger partial charge in [0.05, 0.1) is 10.7 Å². The molecule has 0 saturated carbocycles. The van der Waals surface area contributed by atoms with E-state index in [0.29, 0.717) is 34.9 Å². The summed E-state index contributed by atoms with van der Waals surface area (Å²) in [5.41, 5.74) is 3.91. The van der Waals surface area contributed by atoms with Crippen LogP contribution >= 0.6 is 11.6 Å². The lowest BCUT2D eigenvalue weighted by Gasteiger charge is -2.09. The molecule has 1 amide bonds. The third kappa shape index (κ3) is 3.59. The number of halogens is 1. The van der Waals surface area contributed by atoms with Gasteiger partial charge in [-0.25, -0.2) is 0 Å². The first kappa shape index (κ1) is 17.4. The Labute approximate surface area is 160 Å². The van der Waals surface area contributed by atoms with E-state index in [0.717, 1.165) is 16.7 Å². The maximum Gasteiger partial charge on any atom is 0.248 e. The molecule has 7 nitrogen and oxygen atoms in total. The summed E-state index contributed by atoms with van der Waals surface area (Å²) < 4.78 is 0. The molecule has 0 radical (unpaired) electrons. The highest BCUT2D eigenvalue weighted by Gasteiger charge is 2.22. The zero-order valence-electron chi connectivity index (χ0n) is 14.6. The SMILES string of the molecule is Cc1ccc(-c2nnn(CC(=O)Nc3cc4c(cc3Cl)CCC4=O)n2)cc1. The molecule has 0 bridgehead atoms. The molecule has 3 aromatic rings. The van der Waals surface area contributed by atoms with Gasteiger partial charge in [0.2, 0.25) is 11.7 Å². The van der Waals surface area contributed by atoms with Crippen LogP contribution in [-0.4, -0.2) is 31.9 Å². The van der Waals surface area contributed by atoms with Crippen molar-refractivity contribution < 1.29 is 9.59 Å². The number of benzene rings is 2. The number of nitrogens with one attached hydrogen (secondary N) is 1. The van der Waals surface area contributed by atoms with Gasteiger partial charge in [-0.15, -0.1) is 10.2 Å². The Bertz CT molecular complexity index is 1040. The molecule has 1 aliphatic carbocycles. The fraction of sp³-hybridized carbons (Fsp3) is 0.211. The first-order chi connectivity index (χ1) is 13.0. The van der Waals surface area contributed by atoms with Crippen LogP contribution in [0.25, 0.3) is 11.4 Å². The average molecular weight is 382 g/mol. The largest absolute Gasteiger partial charge is 0.323 e. The number of amides is 1. The summed E-state index contributed by atoms with van der Waals surface area (Å²) in [6.07, 6.45) is 1.17. The smallest absolute Gasteiger partial charge is 0.248 e. The zero-order chi connectivity index (χ0) is 19.0. The van der Waals surface area contributed by atoms with Crippen LogP contribution in [0.3, 0.4) is 0 Å². The molecule has 1 heterocycles. The van der Waals surface area contributed by atoms with Crippen molar-refractivity contribution in [1.82, 2.24) is 20.2 Å². The topological polar surface area (TPSA) is 89.8 Å². The molecule has 1 N–H and O–H groups in total. The molecule has 27 heavy (non-hydrogen) atoms. The van der Waals surface area contributed by atoms with Crippen LogP contribution in [0.1, 0.15) is 27.9 Å². The Kier molecular flexibility index (Phi) is 4.45. The van der Waals surface area contributed by atoms with E-state index in [1.807, 2.05) is 31.2 Å². The van der Waals surface area contributed by atoms with E-state index >= 15 is 0 Å². The standard InChI is InChI=1S/C19H16ClN5O2/c1-11-2-4-12(5-3-11)19-22-24-25(23-19)10-18(27)21-16-9-14-13(8-15(16)20)6-7-17(14)26/h2-5,8-9H,6-7,10H2,1H3,(H,21,27). The predicted molar refractivity (Wildman–Crippen MR) is 101 cm³/mol. The van der Waals surface area contributed by atoms with Crippen molar-refractivity contribution in [3.8, 4) is 11.4 Å². The van der Waals surface area contributed by atoms with Crippen LogP contribution in [0.2, 0.25) is 5.02 Å². The van der Waals surface area contributed by atoms with Gasteiger partial charge in [-0.05, 0) is 36.3 Å². The first-order valence-electron chi connectivity index (χ1n) is 8.50. The van der Waals surface area contributed by atoms with Crippen molar-refractivity contribution in [2.75, 3.05) is 5.32 Å². The summed E-state index contributed by atoms with van der Waals surface area (Å²) in [6, 6.07) is 11.1. The number of Topliss-reactive ketones (excluding diaryl/α,β-unsaturated/α-hetero) is 1. The minimum absolute atomic E-state index is 0.0675. The first-order valence-corrected chi connectivity index (χ1v) is 8.88. The molecule has 0 fully saturated rings. The van der Waals surface area contributed by atoms with Crippen LogP contribution in [0.4, 0.5) is 5.69 Å². The summed E-state index contributed by atoms with van der Waals surface area (Å²) in [6.45, 7) is 1.89. The lowest BCUT2D eigenvalue weighted by atomic mass is 10.1. The summed E-state index contributed by atoms with van der Waals surface area (Å²) in [7, 11) is 0. The molecule has 1 aromatic heterocycles. The summed E-state index contributed by atoms with van der Waals surface area (Å²) >= 11 is 6.22. The molecule has 136 valence electrons. The highest BCUT2D eigenvalue weighted by atomic mass is 35.5. The van der Waals surface area contributed by atoms with Gasteiger partial charge in [0.15, 0.2) is 5.78 Å². The number of nitrogens with zero attached hydrogens (tertiary/aromatic N) is 4. The Morgan fingerprint density at radius 2 is 2.00 bits per heavy atom. The number of rotatable bonds is 4. The molecule has 0 saturated heterocycles. The molecule has 0 spiro atoms. The number of hydrogen-bond donors (Lipinski definition) is 1. The number of aromatic nitrogens is 4. The molecular formula is C19H16ClN5O2. The van der Waals surface area contributed by atoms with Crippen LogP contribution in [0.15, 0.2) is 36.4 Å². The van der Waals surface area contributed by atoms with Crippen LogP contribution in [0, 0.1) is 6.92 Å². The fourth-order valence-corrected chi connectivity index (χ4v) is 3.24. The van der Waals surface area contributed by atoms with Crippen molar-refractivity contribution in [2.24, 2.45) is 0 Å². The minimum Gasteiger partial charge on any atom is -0.323 e. The second-order valence-electron chi connectivity index (χ2n) is 6.47. The van der Waals surface area contributed by atoms with E-state index in [2.05, 4.69) is 20.7 Å². The third-order valence-electron chi connectivity index (χ3n) is 4.44. The lowest BCUT2D eigenvalue weighted by molar-refractivity contribution is -0.117. The van der Waals surface area contributed by atoms with E-state index < -0.39 is 0 Å². The molecule has 0 atom stereocenters. The maximum atomic E-state index is 12.3. The van der Waals surface area contributed by atoms with E-state index in [4.69, 9.17) is 11.6 Å². The number of ketones is 1. The van der Waals surface area contributed by atoms with Crippen molar-refractivity contribution >= 4 is 29.0 Å². The molecule has 0 aliphatic heterocycles. The maximum absolute atomic E-state index is 12.3. The van der Waals surface area contributed by atoms with Gasteiger partial charge < -0.3 is 5.32 Å². The Morgan fingerprint density at radius 1 is 1.22 bits per heavy atom. The average Bonchev–Trinajstić information content (AvgIpc) is 3.23. The third-order valence-corrected chi connectivity index (χ3v) is 4.75. The Balaban J connectivity index is 1.47. The quantitative estimate of drug-likeness (QED) is 0.750. The van der Waals surface area contributed by atoms with Gasteiger partial charge in [-0.1, -0.05) is 41.4 Å². The number of hydrogen-bond acceptors (Lipinski definition) is 5. The highest BCUT2D eigenvalue weighted by molar-refractivity contribution is 6.34. The highest BCUT2D eigenvalue weighted by Crippen LogP contribution is 2.31. The molecule has 4 rings (SSSR count). The van der Waals surface area contributed by atoms with Gasteiger partial charge in [0.1, 0.15) is 6.54 Å². The van der Waals surface area contributed by atoms with Crippen molar-refractivity contribution in [3.05, 3.63) is 58.1 Å². The molecule has 0 unspecified atom stereocenters. The normalized spacial score (nSPS) is 12.9. The van der Waals surface area contributed by atoms with E-state index in [-0.39, 0.29) is 18.2 Å². The van der Waals surface area contributed by atoms with Gasteiger partial charge in [0, 0.05) is 17.5 Å². The fourth-order valence-electron chi connectivity index (χ4n) is 3.01. The molecular weight excluding hydrogens is 366 g/mol. The minimum atomic E-state index is -0.352. The lowest BCUT2D eigenvalue weighted by Crippen LogP contribution is -2.21. The predicted octanol–water partition coefficient (Wildman–Crippen LogP) is 3.07. The summed E-state index contributed by atoms with van der Waals surface area (Å²) in [5, 5.41) is 15.2. The molecule has 2 aromatic carbocycles. The molecule has 8 heteroatoms. The van der Waals surface area contributed by atoms with Gasteiger partial charge >= 0.3 is 0 Å². The van der Waals surface area contributed by atoms with Crippen molar-refractivity contribution in [1.29, 1.82) is 0 Å².